The molecule has 7 heteroatoms. The number of rotatable bonds is 6. The fraction of sp³-hybridized carbons (Fsp3) is 0.636. The average Bonchev–Trinajstić information content (AvgIpc) is 2.95. The van der Waals surface area contributed by atoms with E-state index in [4.69, 9.17) is 14.4 Å². The summed E-state index contributed by atoms with van der Waals surface area (Å²) in [5.74, 6) is 0.0462. The number of nitriles is 1. The molecule has 1 heterocycles. The third-order valence-electron chi connectivity index (χ3n) is 2.77. The Balaban J connectivity index is 1.88. The summed E-state index contributed by atoms with van der Waals surface area (Å²) >= 11 is 1.39. The van der Waals surface area contributed by atoms with Crippen molar-refractivity contribution in [3.63, 3.8) is 0 Å². The van der Waals surface area contributed by atoms with Crippen molar-refractivity contribution in [2.24, 2.45) is 5.41 Å². The van der Waals surface area contributed by atoms with Crippen molar-refractivity contribution in [2.75, 3.05) is 12.4 Å². The van der Waals surface area contributed by atoms with E-state index in [1.54, 1.807) is 6.92 Å². The van der Waals surface area contributed by atoms with Gasteiger partial charge in [0.1, 0.15) is 0 Å². The highest BCUT2D eigenvalue weighted by Crippen LogP contribution is 2.51. The van der Waals surface area contributed by atoms with Crippen LogP contribution in [0.15, 0.2) is 9.64 Å². The Morgan fingerprint density at radius 3 is 3.00 bits per heavy atom. The summed E-state index contributed by atoms with van der Waals surface area (Å²) in [7, 11) is 0. The summed E-state index contributed by atoms with van der Waals surface area (Å²) in [6.07, 6.45) is 2.68. The van der Waals surface area contributed by atoms with Crippen LogP contribution in [0.5, 0.6) is 0 Å². The average molecular weight is 267 g/mol. The molecule has 0 aromatic carbocycles. The number of carbonyl (C=O) groups is 1. The van der Waals surface area contributed by atoms with Gasteiger partial charge in [0, 0.05) is 12.2 Å². The highest BCUT2D eigenvalue weighted by atomic mass is 32.2. The molecule has 0 amide bonds. The van der Waals surface area contributed by atoms with Crippen molar-refractivity contribution in [3.8, 4) is 6.07 Å². The lowest BCUT2D eigenvalue weighted by atomic mass is 10.1. The summed E-state index contributed by atoms with van der Waals surface area (Å²) in [5.41, 5.74) is 0.109. The van der Waals surface area contributed by atoms with Gasteiger partial charge in [-0.1, -0.05) is 16.9 Å². The molecule has 0 radical (unpaired) electrons. The lowest BCUT2D eigenvalue weighted by Crippen LogP contribution is -2.04. The van der Waals surface area contributed by atoms with Gasteiger partial charge in [-0.3, -0.25) is 0 Å². The van der Waals surface area contributed by atoms with Gasteiger partial charge in [-0.15, -0.1) is 5.10 Å². The topological polar surface area (TPSA) is 89.0 Å². The van der Waals surface area contributed by atoms with E-state index < -0.39 is 5.97 Å². The molecule has 6 nitrogen and oxygen atoms in total. The van der Waals surface area contributed by atoms with E-state index in [1.165, 1.54) is 11.8 Å². The molecule has 1 aliphatic carbocycles. The van der Waals surface area contributed by atoms with Gasteiger partial charge in [-0.25, -0.2) is 4.79 Å². The van der Waals surface area contributed by atoms with Crippen molar-refractivity contribution in [1.82, 2.24) is 10.2 Å². The fourth-order valence-electron chi connectivity index (χ4n) is 1.47. The molecule has 0 bridgehead atoms. The monoisotopic (exact) mass is 267 g/mol. The van der Waals surface area contributed by atoms with Gasteiger partial charge in [0.2, 0.25) is 0 Å². The highest BCUT2D eigenvalue weighted by Gasteiger charge is 2.42. The van der Waals surface area contributed by atoms with E-state index in [0.717, 1.165) is 18.6 Å². The summed E-state index contributed by atoms with van der Waals surface area (Å²) in [4.78, 5) is 11.3. The van der Waals surface area contributed by atoms with Crippen LogP contribution in [0.1, 0.15) is 36.9 Å². The second kappa shape index (κ2) is 5.40. The number of thioether (sulfide) groups is 1. The predicted octanol–water partition coefficient (Wildman–Crippen LogP) is 2.03. The molecule has 1 aliphatic rings. The zero-order chi connectivity index (χ0) is 13.0. The zero-order valence-corrected chi connectivity index (χ0v) is 10.8. The van der Waals surface area contributed by atoms with Crippen LogP contribution in [0.2, 0.25) is 0 Å². The van der Waals surface area contributed by atoms with E-state index in [0.29, 0.717) is 11.6 Å². The minimum Gasteiger partial charge on any atom is -0.459 e. The third-order valence-corrected chi connectivity index (χ3v) is 3.94. The molecule has 0 spiro atoms. The quantitative estimate of drug-likeness (QED) is 0.575. The lowest BCUT2D eigenvalue weighted by Gasteiger charge is -2.06. The molecule has 18 heavy (non-hydrogen) atoms. The maximum absolute atomic E-state index is 11.3. The number of ether oxygens (including phenoxy) is 1. The van der Waals surface area contributed by atoms with E-state index in [1.807, 2.05) is 0 Å². The van der Waals surface area contributed by atoms with Gasteiger partial charge >= 0.3 is 11.9 Å². The first-order valence-electron chi connectivity index (χ1n) is 5.69. The Morgan fingerprint density at radius 1 is 1.61 bits per heavy atom. The molecule has 1 saturated carbocycles. The van der Waals surface area contributed by atoms with Gasteiger partial charge in [-0.2, -0.15) is 5.26 Å². The van der Waals surface area contributed by atoms with Crippen LogP contribution >= 0.6 is 11.8 Å². The smallest absolute Gasteiger partial charge is 0.396 e. The normalized spacial score (nSPS) is 16.0. The Kier molecular flexibility index (Phi) is 3.87. The number of nitrogens with zero attached hydrogens (tertiary/aromatic N) is 3. The molecule has 0 saturated heterocycles. The maximum Gasteiger partial charge on any atom is 0.396 e. The summed E-state index contributed by atoms with van der Waals surface area (Å²) in [5, 5.41) is 16.5. The van der Waals surface area contributed by atoms with Gasteiger partial charge in [0.05, 0.1) is 12.7 Å². The zero-order valence-electron chi connectivity index (χ0n) is 10.0. The van der Waals surface area contributed by atoms with E-state index >= 15 is 0 Å². The standard InChI is InChI=1S/C11H13N3O3S/c1-2-16-9(15)8-13-14-10(17-8)18-7-11(3-4-11)5-6-12/h2-5,7H2,1H3. The number of hydrogen-bond donors (Lipinski definition) is 0. The Hall–Kier alpha value is -1.55. The van der Waals surface area contributed by atoms with Gasteiger partial charge in [-0.05, 0) is 25.2 Å². The van der Waals surface area contributed by atoms with Crippen molar-refractivity contribution in [1.29, 1.82) is 5.26 Å². The number of carbonyl (C=O) groups excluding carboxylic acids is 1. The van der Waals surface area contributed by atoms with Crippen LogP contribution in [0.25, 0.3) is 0 Å². The molecular formula is C11H13N3O3S. The van der Waals surface area contributed by atoms with Crippen molar-refractivity contribution in [2.45, 2.75) is 31.4 Å². The van der Waals surface area contributed by atoms with Gasteiger partial charge in [0.15, 0.2) is 0 Å². The summed E-state index contributed by atoms with van der Waals surface area (Å²) < 4.78 is 9.93. The minimum absolute atomic E-state index is 0.109. The fourth-order valence-corrected chi connectivity index (χ4v) is 2.53. The van der Waals surface area contributed by atoms with Gasteiger partial charge < -0.3 is 9.15 Å². The van der Waals surface area contributed by atoms with E-state index in [-0.39, 0.29) is 17.9 Å². The molecule has 0 atom stereocenters. The van der Waals surface area contributed by atoms with E-state index in [9.17, 15) is 4.79 Å². The first kappa shape index (κ1) is 12.9. The largest absolute Gasteiger partial charge is 0.459 e. The molecule has 2 rings (SSSR count). The Morgan fingerprint density at radius 2 is 2.39 bits per heavy atom. The molecule has 1 aromatic rings. The van der Waals surface area contributed by atoms with Crippen LogP contribution in [0, 0.1) is 16.7 Å². The van der Waals surface area contributed by atoms with Crippen molar-refractivity contribution in [3.05, 3.63) is 5.89 Å². The van der Waals surface area contributed by atoms with Crippen LogP contribution in [0.3, 0.4) is 0 Å². The maximum atomic E-state index is 11.3. The molecule has 1 aromatic heterocycles. The van der Waals surface area contributed by atoms with Crippen molar-refractivity contribution < 1.29 is 13.9 Å². The van der Waals surface area contributed by atoms with Crippen LogP contribution in [-0.2, 0) is 4.74 Å². The lowest BCUT2D eigenvalue weighted by molar-refractivity contribution is 0.0475. The van der Waals surface area contributed by atoms with Crippen LogP contribution in [-0.4, -0.2) is 28.5 Å². The molecular weight excluding hydrogens is 254 g/mol. The minimum atomic E-state index is -0.602. The number of aromatic nitrogens is 2. The van der Waals surface area contributed by atoms with Crippen LogP contribution < -0.4 is 0 Å². The van der Waals surface area contributed by atoms with Crippen LogP contribution in [0.4, 0.5) is 0 Å². The molecule has 0 unspecified atom stereocenters. The molecule has 1 fully saturated rings. The van der Waals surface area contributed by atoms with E-state index in [2.05, 4.69) is 16.3 Å². The second-order valence-electron chi connectivity index (χ2n) is 4.22. The first-order valence-corrected chi connectivity index (χ1v) is 6.68. The molecule has 0 N–H and O–H groups in total. The SMILES string of the molecule is CCOC(=O)c1nnc(SCC2(CC#N)CC2)o1. The third kappa shape index (κ3) is 3.01. The summed E-state index contributed by atoms with van der Waals surface area (Å²) in [6, 6.07) is 2.19. The van der Waals surface area contributed by atoms with Crippen molar-refractivity contribution >= 4 is 17.7 Å². The highest BCUT2D eigenvalue weighted by molar-refractivity contribution is 7.99. The number of hydrogen-bond acceptors (Lipinski definition) is 7. The Labute approximate surface area is 109 Å². The molecule has 96 valence electrons. The second-order valence-corrected chi connectivity index (χ2v) is 5.14. The molecule has 0 aliphatic heterocycles. The first-order chi connectivity index (χ1) is 8.69. The summed E-state index contributed by atoms with van der Waals surface area (Å²) in [6.45, 7) is 1.98. The number of esters is 1. The van der Waals surface area contributed by atoms with Gasteiger partial charge in [0.25, 0.3) is 5.22 Å². The predicted molar refractivity (Wildman–Crippen MR) is 62.9 cm³/mol. The Bertz CT molecular complexity index is 476.